The van der Waals surface area contributed by atoms with E-state index in [1.54, 1.807) is 36.4 Å². The van der Waals surface area contributed by atoms with Crippen molar-refractivity contribution in [3.8, 4) is 0 Å². The number of nitrogens with one attached hydrogen (secondary N) is 1. The fourth-order valence-electron chi connectivity index (χ4n) is 3.99. The van der Waals surface area contributed by atoms with Crippen molar-refractivity contribution in [2.75, 3.05) is 19.6 Å². The molecule has 0 aliphatic carbocycles. The number of sulfonamides is 1. The molecule has 0 bridgehead atoms. The van der Waals surface area contributed by atoms with Crippen molar-refractivity contribution < 1.29 is 13.2 Å². The summed E-state index contributed by atoms with van der Waals surface area (Å²) >= 11 is 0. The summed E-state index contributed by atoms with van der Waals surface area (Å²) in [7, 11) is -3.57. The first-order valence-corrected chi connectivity index (χ1v) is 12.3. The van der Waals surface area contributed by atoms with Crippen LogP contribution in [0, 0.1) is 26.7 Å². The summed E-state index contributed by atoms with van der Waals surface area (Å²) in [5.41, 5.74) is 4.79. The molecule has 1 unspecified atom stereocenters. The van der Waals surface area contributed by atoms with E-state index in [9.17, 15) is 13.2 Å². The van der Waals surface area contributed by atoms with Crippen molar-refractivity contribution in [1.29, 1.82) is 0 Å². The molecule has 1 amide bonds. The quantitative estimate of drug-likeness (QED) is 0.641. The van der Waals surface area contributed by atoms with E-state index in [4.69, 9.17) is 0 Å². The van der Waals surface area contributed by atoms with Gasteiger partial charge in [0, 0.05) is 25.2 Å². The first kappa shape index (κ1) is 22.4. The largest absolute Gasteiger partial charge is 0.338 e. The predicted molar refractivity (Wildman–Crippen MR) is 124 cm³/mol. The normalized spacial score (nSPS) is 17.0. The van der Waals surface area contributed by atoms with Crippen LogP contribution in [0.1, 0.15) is 40.2 Å². The molecule has 0 saturated carbocycles. The van der Waals surface area contributed by atoms with Crippen LogP contribution in [0.4, 0.5) is 0 Å². The molecule has 7 nitrogen and oxygen atoms in total. The van der Waals surface area contributed by atoms with Crippen LogP contribution in [-0.2, 0) is 10.0 Å². The topological polar surface area (TPSA) is 92.3 Å². The Morgan fingerprint density at radius 2 is 1.72 bits per heavy atom. The van der Waals surface area contributed by atoms with E-state index >= 15 is 0 Å². The van der Waals surface area contributed by atoms with E-state index in [2.05, 4.69) is 14.7 Å². The molecule has 1 aromatic heterocycles. The van der Waals surface area contributed by atoms with Crippen molar-refractivity contribution in [3.63, 3.8) is 0 Å². The third-order valence-electron chi connectivity index (χ3n) is 6.02. The third kappa shape index (κ3) is 4.81. The highest BCUT2D eigenvalue weighted by Crippen LogP contribution is 2.21. The van der Waals surface area contributed by atoms with Crippen LogP contribution in [0.25, 0.3) is 11.0 Å². The lowest BCUT2D eigenvalue weighted by Crippen LogP contribution is -2.43. The Labute approximate surface area is 188 Å². The number of carbonyl (C=O) groups excluding carboxylic acids is 1. The molecule has 0 radical (unpaired) electrons. The molecule has 1 aliphatic rings. The molecule has 8 heteroatoms. The minimum Gasteiger partial charge on any atom is -0.338 e. The fourth-order valence-corrected chi connectivity index (χ4v) is 5.11. The van der Waals surface area contributed by atoms with Gasteiger partial charge < -0.3 is 4.90 Å². The van der Waals surface area contributed by atoms with E-state index in [0.29, 0.717) is 30.7 Å². The van der Waals surface area contributed by atoms with Crippen LogP contribution >= 0.6 is 0 Å². The number of carbonyl (C=O) groups is 1. The molecule has 2 aromatic carbocycles. The molecule has 1 fully saturated rings. The Kier molecular flexibility index (Phi) is 6.26. The Morgan fingerprint density at radius 1 is 1.03 bits per heavy atom. The average molecular weight is 453 g/mol. The second-order valence-corrected chi connectivity index (χ2v) is 10.3. The lowest BCUT2D eigenvalue weighted by Gasteiger charge is -2.33. The minimum atomic E-state index is -3.57. The summed E-state index contributed by atoms with van der Waals surface area (Å²) in [5, 5.41) is 0. The molecule has 3 aromatic rings. The first-order chi connectivity index (χ1) is 15.2. The molecule has 2 heterocycles. The Morgan fingerprint density at radius 3 is 2.44 bits per heavy atom. The highest BCUT2D eigenvalue weighted by Gasteiger charge is 2.26. The molecular weight excluding hydrogens is 424 g/mol. The second-order valence-electron chi connectivity index (χ2n) is 8.52. The van der Waals surface area contributed by atoms with Gasteiger partial charge in [-0.1, -0.05) is 17.7 Å². The molecule has 1 atom stereocenters. The predicted octanol–water partition coefficient (Wildman–Crippen LogP) is 3.39. The number of amides is 1. The van der Waals surface area contributed by atoms with Gasteiger partial charge in [0.1, 0.15) is 0 Å². The van der Waals surface area contributed by atoms with E-state index in [-0.39, 0.29) is 16.7 Å². The van der Waals surface area contributed by atoms with E-state index in [1.165, 1.54) is 0 Å². The van der Waals surface area contributed by atoms with Crippen LogP contribution in [0.3, 0.4) is 0 Å². The number of piperidine rings is 1. The highest BCUT2D eigenvalue weighted by molar-refractivity contribution is 7.89. The maximum absolute atomic E-state index is 13.1. The molecule has 1 saturated heterocycles. The number of aryl methyl sites for hydroxylation is 3. The number of hydrogen-bond donors (Lipinski definition) is 1. The number of likely N-dealkylation sites (tertiary alicyclic amines) is 1. The lowest BCUT2D eigenvalue weighted by molar-refractivity contribution is 0.0676. The van der Waals surface area contributed by atoms with Gasteiger partial charge >= 0.3 is 0 Å². The van der Waals surface area contributed by atoms with Gasteiger partial charge in [-0.25, -0.2) is 23.1 Å². The second kappa shape index (κ2) is 8.96. The maximum atomic E-state index is 13.1. The molecule has 4 rings (SSSR count). The molecule has 1 aliphatic heterocycles. The number of aromatic nitrogens is 2. The summed E-state index contributed by atoms with van der Waals surface area (Å²) in [6.45, 7) is 7.23. The zero-order valence-electron chi connectivity index (χ0n) is 18.6. The SMILES string of the molecule is Cc1ccc(S(=O)(=O)NCC2CCCN(C(=O)c3ccc4nc(C)c(C)nc4c3)C2)cc1. The van der Waals surface area contributed by atoms with Gasteiger partial charge in [0.2, 0.25) is 10.0 Å². The van der Waals surface area contributed by atoms with Gasteiger partial charge in [-0.05, 0) is 69.9 Å². The Hall–Kier alpha value is -2.84. The van der Waals surface area contributed by atoms with Crippen molar-refractivity contribution in [2.24, 2.45) is 5.92 Å². The van der Waals surface area contributed by atoms with Crippen molar-refractivity contribution >= 4 is 27.0 Å². The highest BCUT2D eigenvalue weighted by atomic mass is 32.2. The van der Waals surface area contributed by atoms with E-state index < -0.39 is 10.0 Å². The maximum Gasteiger partial charge on any atom is 0.253 e. The molecule has 168 valence electrons. The van der Waals surface area contributed by atoms with Crippen LogP contribution in [-0.4, -0.2) is 48.8 Å². The van der Waals surface area contributed by atoms with Gasteiger partial charge in [-0.15, -0.1) is 0 Å². The van der Waals surface area contributed by atoms with Gasteiger partial charge in [-0.3, -0.25) is 4.79 Å². The van der Waals surface area contributed by atoms with Gasteiger partial charge in [0.25, 0.3) is 5.91 Å². The zero-order chi connectivity index (χ0) is 22.9. The Bertz CT molecular complexity index is 1260. The molecular formula is C24H28N4O3S. The number of hydrogen-bond acceptors (Lipinski definition) is 5. The van der Waals surface area contributed by atoms with E-state index in [0.717, 1.165) is 35.3 Å². The summed E-state index contributed by atoms with van der Waals surface area (Å²) in [5.74, 6) is 0.0103. The van der Waals surface area contributed by atoms with Crippen LogP contribution in [0.2, 0.25) is 0 Å². The van der Waals surface area contributed by atoms with Crippen LogP contribution in [0.5, 0.6) is 0 Å². The van der Waals surface area contributed by atoms with Crippen LogP contribution < -0.4 is 4.72 Å². The fraction of sp³-hybridized carbons (Fsp3) is 0.375. The van der Waals surface area contributed by atoms with Crippen molar-refractivity contribution in [1.82, 2.24) is 19.6 Å². The van der Waals surface area contributed by atoms with Crippen molar-refractivity contribution in [2.45, 2.75) is 38.5 Å². The monoisotopic (exact) mass is 452 g/mol. The van der Waals surface area contributed by atoms with Gasteiger partial charge in [-0.2, -0.15) is 0 Å². The lowest BCUT2D eigenvalue weighted by atomic mass is 9.97. The van der Waals surface area contributed by atoms with Gasteiger partial charge in [0.05, 0.1) is 27.3 Å². The summed E-state index contributed by atoms with van der Waals surface area (Å²) in [6, 6.07) is 12.2. The van der Waals surface area contributed by atoms with Gasteiger partial charge in [0.15, 0.2) is 0 Å². The number of rotatable bonds is 5. The zero-order valence-corrected chi connectivity index (χ0v) is 19.4. The smallest absolute Gasteiger partial charge is 0.253 e. The third-order valence-corrected chi connectivity index (χ3v) is 7.46. The minimum absolute atomic E-state index is 0.0574. The summed E-state index contributed by atoms with van der Waals surface area (Å²) in [6.07, 6.45) is 1.72. The van der Waals surface area contributed by atoms with E-state index in [1.807, 2.05) is 31.7 Å². The average Bonchev–Trinajstić information content (AvgIpc) is 2.78. The molecule has 1 N–H and O–H groups in total. The number of fused-ring (bicyclic) bond motifs is 1. The number of benzene rings is 2. The number of nitrogens with zero attached hydrogens (tertiary/aromatic N) is 3. The summed E-state index contributed by atoms with van der Waals surface area (Å²) < 4.78 is 27.9. The molecule has 32 heavy (non-hydrogen) atoms. The van der Waals surface area contributed by atoms with Crippen LogP contribution in [0.15, 0.2) is 47.4 Å². The standard InChI is InChI=1S/C24H28N4O3S/c1-16-6-9-21(10-7-16)32(30,31)25-14-19-5-4-12-28(15-19)24(29)20-8-11-22-23(13-20)27-18(3)17(2)26-22/h6-11,13,19,25H,4-5,12,14-15H2,1-3H3. The first-order valence-electron chi connectivity index (χ1n) is 10.8. The molecule has 0 spiro atoms. The Balaban J connectivity index is 1.43. The summed E-state index contributed by atoms with van der Waals surface area (Å²) in [4.78, 5) is 24.3. The van der Waals surface area contributed by atoms with Crippen molar-refractivity contribution in [3.05, 3.63) is 65.0 Å².